The SMILES string of the molecule is CNC(=O)[C@H](Cc1ccccc1)N(Cc1ccc(F)cc1)C(=O)CN(c1cccc(Br)c1)S(=O)(=O)c1ccccc1. The molecule has 0 aliphatic rings. The van der Waals surface area contributed by atoms with Gasteiger partial charge in [0.05, 0.1) is 10.6 Å². The summed E-state index contributed by atoms with van der Waals surface area (Å²) in [7, 11) is -2.69. The van der Waals surface area contributed by atoms with E-state index in [9.17, 15) is 22.4 Å². The number of carbonyl (C=O) groups is 2. The minimum atomic E-state index is -4.17. The van der Waals surface area contributed by atoms with Gasteiger partial charge in [-0.05, 0) is 53.6 Å². The fourth-order valence-corrected chi connectivity index (χ4v) is 6.20. The molecule has 10 heteroatoms. The predicted octanol–water partition coefficient (Wildman–Crippen LogP) is 5.17. The van der Waals surface area contributed by atoms with Crippen molar-refractivity contribution in [1.82, 2.24) is 10.2 Å². The van der Waals surface area contributed by atoms with Gasteiger partial charge in [0, 0.05) is 24.5 Å². The molecular weight excluding hydrogens is 609 g/mol. The van der Waals surface area contributed by atoms with Crippen LogP contribution in [0.1, 0.15) is 11.1 Å². The van der Waals surface area contributed by atoms with Gasteiger partial charge in [-0.3, -0.25) is 13.9 Å². The van der Waals surface area contributed by atoms with Crippen molar-refractivity contribution in [3.8, 4) is 0 Å². The Balaban J connectivity index is 1.78. The first-order valence-corrected chi connectivity index (χ1v) is 15.0. The van der Waals surface area contributed by atoms with Gasteiger partial charge in [-0.25, -0.2) is 12.8 Å². The van der Waals surface area contributed by atoms with Crippen LogP contribution in [0.2, 0.25) is 0 Å². The third kappa shape index (κ3) is 7.59. The Hall–Kier alpha value is -4.02. The van der Waals surface area contributed by atoms with Crippen LogP contribution < -0.4 is 9.62 Å². The van der Waals surface area contributed by atoms with Crippen molar-refractivity contribution >= 4 is 43.5 Å². The fraction of sp³-hybridized carbons (Fsp3) is 0.161. The summed E-state index contributed by atoms with van der Waals surface area (Å²) in [5, 5.41) is 2.63. The number of hydrogen-bond donors (Lipinski definition) is 1. The highest BCUT2D eigenvalue weighted by atomic mass is 79.9. The molecule has 0 saturated carbocycles. The largest absolute Gasteiger partial charge is 0.357 e. The molecule has 4 aromatic rings. The van der Waals surface area contributed by atoms with Crippen LogP contribution in [0.3, 0.4) is 0 Å². The van der Waals surface area contributed by atoms with E-state index < -0.39 is 40.2 Å². The normalized spacial score (nSPS) is 11.9. The zero-order valence-electron chi connectivity index (χ0n) is 22.3. The van der Waals surface area contributed by atoms with Crippen LogP contribution in [-0.4, -0.2) is 44.8 Å². The van der Waals surface area contributed by atoms with Gasteiger partial charge in [-0.15, -0.1) is 0 Å². The summed E-state index contributed by atoms with van der Waals surface area (Å²) in [5.74, 6) is -1.45. The van der Waals surface area contributed by atoms with Crippen molar-refractivity contribution < 1.29 is 22.4 Å². The maximum atomic E-state index is 14.2. The van der Waals surface area contributed by atoms with Gasteiger partial charge in [-0.1, -0.05) is 82.7 Å². The highest BCUT2D eigenvalue weighted by Gasteiger charge is 2.34. The molecule has 41 heavy (non-hydrogen) atoms. The van der Waals surface area contributed by atoms with E-state index >= 15 is 0 Å². The average Bonchev–Trinajstić information content (AvgIpc) is 2.99. The number of halogens is 2. The minimum Gasteiger partial charge on any atom is -0.357 e. The highest BCUT2D eigenvalue weighted by Crippen LogP contribution is 2.27. The highest BCUT2D eigenvalue weighted by molar-refractivity contribution is 9.10. The summed E-state index contributed by atoms with van der Waals surface area (Å²) in [5.41, 5.74) is 1.68. The van der Waals surface area contributed by atoms with E-state index in [0.29, 0.717) is 10.0 Å². The van der Waals surface area contributed by atoms with Crippen LogP contribution in [0.4, 0.5) is 10.1 Å². The Morgan fingerprint density at radius 3 is 2.10 bits per heavy atom. The van der Waals surface area contributed by atoms with Gasteiger partial charge in [0.2, 0.25) is 11.8 Å². The van der Waals surface area contributed by atoms with Gasteiger partial charge in [-0.2, -0.15) is 0 Å². The molecule has 0 heterocycles. The molecule has 0 spiro atoms. The first-order valence-electron chi connectivity index (χ1n) is 12.8. The van der Waals surface area contributed by atoms with Crippen LogP contribution in [0.15, 0.2) is 119 Å². The van der Waals surface area contributed by atoms with Crippen LogP contribution in [-0.2, 0) is 32.6 Å². The zero-order valence-corrected chi connectivity index (χ0v) is 24.7. The Morgan fingerprint density at radius 2 is 1.49 bits per heavy atom. The van der Waals surface area contributed by atoms with Crippen molar-refractivity contribution in [3.63, 3.8) is 0 Å². The first-order chi connectivity index (χ1) is 19.7. The van der Waals surface area contributed by atoms with E-state index in [1.165, 1.54) is 48.3 Å². The molecule has 0 radical (unpaired) electrons. The Kier molecular flexibility index (Phi) is 9.91. The summed E-state index contributed by atoms with van der Waals surface area (Å²) in [4.78, 5) is 28.8. The first kappa shape index (κ1) is 30.0. The minimum absolute atomic E-state index is 0.0185. The number of benzene rings is 4. The zero-order chi connectivity index (χ0) is 29.4. The Morgan fingerprint density at radius 1 is 0.854 bits per heavy atom. The number of sulfonamides is 1. The molecule has 0 saturated heterocycles. The van der Waals surface area contributed by atoms with E-state index in [2.05, 4.69) is 21.2 Å². The van der Waals surface area contributed by atoms with Crippen LogP contribution >= 0.6 is 15.9 Å². The molecule has 0 aliphatic carbocycles. The summed E-state index contributed by atoms with van der Waals surface area (Å²) in [6, 6.07) is 28.4. The van der Waals surface area contributed by atoms with Gasteiger partial charge >= 0.3 is 0 Å². The third-order valence-corrected chi connectivity index (χ3v) is 8.77. The van der Waals surface area contributed by atoms with Crippen LogP contribution in [0.25, 0.3) is 0 Å². The van der Waals surface area contributed by atoms with E-state index in [1.54, 1.807) is 42.5 Å². The molecule has 7 nitrogen and oxygen atoms in total. The van der Waals surface area contributed by atoms with Crippen molar-refractivity contribution in [2.24, 2.45) is 0 Å². The second kappa shape index (κ2) is 13.6. The Bertz CT molecular complexity index is 1590. The number of rotatable bonds is 11. The Labute approximate surface area is 247 Å². The molecule has 0 fully saturated rings. The van der Waals surface area contributed by atoms with E-state index in [0.717, 1.165) is 9.87 Å². The van der Waals surface area contributed by atoms with Gasteiger partial charge < -0.3 is 10.2 Å². The van der Waals surface area contributed by atoms with E-state index in [4.69, 9.17) is 0 Å². The fourth-order valence-electron chi connectivity index (χ4n) is 4.39. The van der Waals surface area contributed by atoms with Crippen molar-refractivity contribution in [2.45, 2.75) is 23.9 Å². The van der Waals surface area contributed by atoms with Gasteiger partial charge in [0.1, 0.15) is 18.4 Å². The smallest absolute Gasteiger partial charge is 0.264 e. The molecular formula is C31H29BrFN3O4S. The van der Waals surface area contributed by atoms with Crippen molar-refractivity contribution in [3.05, 3.63) is 131 Å². The van der Waals surface area contributed by atoms with Crippen molar-refractivity contribution in [1.29, 1.82) is 0 Å². The molecule has 212 valence electrons. The van der Waals surface area contributed by atoms with E-state index in [-0.39, 0.29) is 23.5 Å². The number of carbonyl (C=O) groups excluding carboxylic acids is 2. The number of likely N-dealkylation sites (N-methyl/N-ethyl adjacent to an activating group) is 1. The lowest BCUT2D eigenvalue weighted by Gasteiger charge is -2.33. The summed E-state index contributed by atoms with van der Waals surface area (Å²) in [6.45, 7) is -0.612. The second-order valence-corrected chi connectivity index (χ2v) is 12.1. The van der Waals surface area contributed by atoms with Gasteiger partial charge in [0.15, 0.2) is 0 Å². The molecule has 0 aliphatic heterocycles. The quantitative estimate of drug-likeness (QED) is 0.246. The number of amides is 2. The number of nitrogens with zero attached hydrogens (tertiary/aromatic N) is 2. The molecule has 0 unspecified atom stereocenters. The third-order valence-electron chi connectivity index (χ3n) is 6.49. The molecule has 4 aromatic carbocycles. The molecule has 2 amide bonds. The predicted molar refractivity (Wildman–Crippen MR) is 160 cm³/mol. The topological polar surface area (TPSA) is 86.8 Å². The molecule has 0 aromatic heterocycles. The molecule has 4 rings (SSSR count). The average molecular weight is 639 g/mol. The lowest BCUT2D eigenvalue weighted by atomic mass is 10.0. The standard InChI is InChI=1S/C31H29BrFN3O4S/c1-34-31(38)29(19-23-9-4-2-5-10-23)35(21-24-15-17-26(33)18-16-24)30(37)22-36(27-12-8-11-25(32)20-27)41(39,40)28-13-6-3-7-14-28/h2-18,20,29H,19,21-22H2,1H3,(H,34,38)/t29-/m0/s1. The lowest BCUT2D eigenvalue weighted by molar-refractivity contribution is -0.139. The monoisotopic (exact) mass is 637 g/mol. The molecule has 1 N–H and O–H groups in total. The maximum absolute atomic E-state index is 14.2. The van der Waals surface area contributed by atoms with Crippen LogP contribution in [0.5, 0.6) is 0 Å². The van der Waals surface area contributed by atoms with Crippen molar-refractivity contribution in [2.75, 3.05) is 17.9 Å². The van der Waals surface area contributed by atoms with Gasteiger partial charge in [0.25, 0.3) is 10.0 Å². The molecule has 0 bridgehead atoms. The number of nitrogens with one attached hydrogen (secondary N) is 1. The van der Waals surface area contributed by atoms with E-state index in [1.807, 2.05) is 30.3 Å². The lowest BCUT2D eigenvalue weighted by Crippen LogP contribution is -2.53. The number of hydrogen-bond acceptors (Lipinski definition) is 4. The summed E-state index contributed by atoms with van der Waals surface area (Å²) >= 11 is 3.39. The summed E-state index contributed by atoms with van der Waals surface area (Å²) < 4.78 is 43.1. The second-order valence-electron chi connectivity index (χ2n) is 9.27. The molecule has 1 atom stereocenters. The maximum Gasteiger partial charge on any atom is 0.264 e. The number of anilines is 1. The summed E-state index contributed by atoms with van der Waals surface area (Å²) in [6.07, 6.45) is 0.190. The van der Waals surface area contributed by atoms with Crippen LogP contribution in [0, 0.1) is 5.82 Å².